The predicted octanol–water partition coefficient (Wildman–Crippen LogP) is 0.695. The molecule has 2 aromatic heterocycles. The summed E-state index contributed by atoms with van der Waals surface area (Å²) in [7, 11) is 1.86. The van der Waals surface area contributed by atoms with E-state index in [1.165, 1.54) is 0 Å². The van der Waals surface area contributed by atoms with Crippen LogP contribution in [0.1, 0.15) is 5.82 Å². The molecule has 2 rings (SSSR count). The fraction of sp³-hybridized carbons (Fsp3) is 0.444. The van der Waals surface area contributed by atoms with Crippen LogP contribution in [0.3, 0.4) is 0 Å². The van der Waals surface area contributed by atoms with Crippen LogP contribution < -0.4 is 5.73 Å². The Morgan fingerprint density at radius 1 is 1.44 bits per heavy atom. The number of imidazole rings is 1. The van der Waals surface area contributed by atoms with E-state index in [4.69, 9.17) is 5.73 Å². The Hall–Kier alpha value is -1.50. The van der Waals surface area contributed by atoms with Crippen molar-refractivity contribution < 1.29 is 0 Å². The van der Waals surface area contributed by atoms with Gasteiger partial charge in [-0.15, -0.1) is 10.2 Å². The van der Waals surface area contributed by atoms with Gasteiger partial charge in [0.1, 0.15) is 5.82 Å². The summed E-state index contributed by atoms with van der Waals surface area (Å²) in [6.45, 7) is 2.90. The van der Waals surface area contributed by atoms with E-state index in [-0.39, 0.29) is 0 Å². The molecule has 0 unspecified atom stereocenters. The lowest BCUT2D eigenvalue weighted by Gasteiger charge is -2.04. The third-order valence-electron chi connectivity index (χ3n) is 2.36. The van der Waals surface area contributed by atoms with E-state index in [2.05, 4.69) is 19.7 Å². The van der Waals surface area contributed by atoms with Crippen LogP contribution in [-0.4, -0.2) is 30.1 Å². The molecule has 0 fully saturated rings. The molecular weight excluding hydrogens is 224 g/mol. The van der Waals surface area contributed by atoms with E-state index in [1.54, 1.807) is 22.5 Å². The summed E-state index contributed by atoms with van der Waals surface area (Å²) >= 11 is 1.64. The smallest absolute Gasteiger partial charge is 0.222 e. The third kappa shape index (κ3) is 2.19. The zero-order valence-corrected chi connectivity index (χ0v) is 10.1. The van der Waals surface area contributed by atoms with Gasteiger partial charge in [0.2, 0.25) is 5.95 Å². The normalized spacial score (nSPS) is 10.9. The lowest BCUT2D eigenvalue weighted by molar-refractivity contribution is 0.732. The van der Waals surface area contributed by atoms with Crippen LogP contribution in [0.5, 0.6) is 0 Å². The standard InChI is InChI=1S/C9H14N6S/c1-7-11-3-4-15(7)5-6-16-9-13-12-8(10)14(9)2/h3-4H,5-6H2,1-2H3,(H2,10,12). The van der Waals surface area contributed by atoms with Gasteiger partial charge >= 0.3 is 0 Å². The Labute approximate surface area is 97.9 Å². The van der Waals surface area contributed by atoms with Gasteiger partial charge in [-0.25, -0.2) is 4.98 Å². The third-order valence-corrected chi connectivity index (χ3v) is 3.36. The van der Waals surface area contributed by atoms with Crippen molar-refractivity contribution in [3.8, 4) is 0 Å². The predicted molar refractivity (Wildman–Crippen MR) is 63.1 cm³/mol. The van der Waals surface area contributed by atoms with Gasteiger partial charge in [-0.05, 0) is 6.92 Å². The van der Waals surface area contributed by atoms with Crippen molar-refractivity contribution in [1.82, 2.24) is 24.3 Å². The molecule has 16 heavy (non-hydrogen) atoms. The lowest BCUT2D eigenvalue weighted by atomic mass is 10.6. The second-order valence-corrected chi connectivity index (χ2v) is 4.48. The molecule has 0 aromatic carbocycles. The van der Waals surface area contributed by atoms with Gasteiger partial charge in [0.25, 0.3) is 0 Å². The molecule has 0 spiro atoms. The highest BCUT2D eigenvalue weighted by Crippen LogP contribution is 2.16. The summed E-state index contributed by atoms with van der Waals surface area (Å²) in [6.07, 6.45) is 3.78. The number of hydrogen-bond acceptors (Lipinski definition) is 5. The molecule has 2 aromatic rings. The lowest BCUT2D eigenvalue weighted by Crippen LogP contribution is -2.03. The zero-order chi connectivity index (χ0) is 11.5. The SMILES string of the molecule is Cc1nccn1CCSc1nnc(N)n1C. The molecule has 6 nitrogen and oxygen atoms in total. The second-order valence-electron chi connectivity index (χ2n) is 3.42. The topological polar surface area (TPSA) is 74.6 Å². The summed E-state index contributed by atoms with van der Waals surface area (Å²) in [5, 5.41) is 8.63. The number of aromatic nitrogens is 5. The van der Waals surface area contributed by atoms with Crippen molar-refractivity contribution in [2.45, 2.75) is 18.6 Å². The van der Waals surface area contributed by atoms with Crippen molar-refractivity contribution in [3.05, 3.63) is 18.2 Å². The Balaban J connectivity index is 1.89. The maximum atomic E-state index is 5.59. The minimum absolute atomic E-state index is 0.446. The first-order chi connectivity index (χ1) is 7.68. The van der Waals surface area contributed by atoms with Crippen LogP contribution in [0.2, 0.25) is 0 Å². The van der Waals surface area contributed by atoms with Gasteiger partial charge in [-0.2, -0.15) is 0 Å². The first kappa shape index (κ1) is 11.0. The molecule has 0 aliphatic rings. The van der Waals surface area contributed by atoms with Crippen LogP contribution >= 0.6 is 11.8 Å². The monoisotopic (exact) mass is 238 g/mol. The summed E-state index contributed by atoms with van der Waals surface area (Å²) in [6, 6.07) is 0. The Bertz CT molecular complexity index is 474. The maximum absolute atomic E-state index is 5.59. The van der Waals surface area contributed by atoms with E-state index in [0.29, 0.717) is 5.95 Å². The molecule has 2 N–H and O–H groups in total. The minimum Gasteiger partial charge on any atom is -0.368 e. The molecule has 0 atom stereocenters. The van der Waals surface area contributed by atoms with E-state index < -0.39 is 0 Å². The van der Waals surface area contributed by atoms with Gasteiger partial charge in [0, 0.05) is 31.7 Å². The van der Waals surface area contributed by atoms with E-state index in [0.717, 1.165) is 23.3 Å². The first-order valence-electron chi connectivity index (χ1n) is 4.94. The molecule has 86 valence electrons. The number of aryl methyl sites for hydroxylation is 2. The highest BCUT2D eigenvalue weighted by Gasteiger charge is 2.05. The first-order valence-corrected chi connectivity index (χ1v) is 5.92. The largest absolute Gasteiger partial charge is 0.368 e. The van der Waals surface area contributed by atoms with Crippen LogP contribution in [0.4, 0.5) is 5.95 Å². The Kier molecular flexibility index (Phi) is 3.14. The zero-order valence-electron chi connectivity index (χ0n) is 9.29. The molecule has 7 heteroatoms. The number of rotatable bonds is 4. The molecule has 0 aliphatic carbocycles. The Morgan fingerprint density at radius 2 is 2.25 bits per heavy atom. The summed E-state index contributed by atoms with van der Waals surface area (Å²) in [4.78, 5) is 4.16. The Morgan fingerprint density at radius 3 is 2.81 bits per heavy atom. The number of hydrogen-bond donors (Lipinski definition) is 1. The molecule has 0 saturated heterocycles. The van der Waals surface area contributed by atoms with Crippen molar-refractivity contribution in [2.24, 2.45) is 7.05 Å². The molecule has 0 saturated carbocycles. The van der Waals surface area contributed by atoms with Crippen molar-refractivity contribution in [2.75, 3.05) is 11.5 Å². The van der Waals surface area contributed by atoms with Crippen LogP contribution in [0.15, 0.2) is 17.6 Å². The molecule has 0 amide bonds. The van der Waals surface area contributed by atoms with Gasteiger partial charge in [-0.1, -0.05) is 11.8 Å². The number of nitrogens with zero attached hydrogens (tertiary/aromatic N) is 5. The molecule has 0 radical (unpaired) electrons. The minimum atomic E-state index is 0.446. The number of anilines is 1. The highest BCUT2D eigenvalue weighted by molar-refractivity contribution is 7.99. The van der Waals surface area contributed by atoms with Crippen molar-refractivity contribution in [3.63, 3.8) is 0 Å². The van der Waals surface area contributed by atoms with Crippen molar-refractivity contribution >= 4 is 17.7 Å². The van der Waals surface area contributed by atoms with Gasteiger partial charge in [0.15, 0.2) is 5.16 Å². The van der Waals surface area contributed by atoms with Crippen molar-refractivity contribution in [1.29, 1.82) is 0 Å². The average Bonchev–Trinajstić information content (AvgIpc) is 2.80. The van der Waals surface area contributed by atoms with Crippen LogP contribution in [0, 0.1) is 6.92 Å². The molecule has 2 heterocycles. The van der Waals surface area contributed by atoms with Gasteiger partial charge in [-0.3, -0.25) is 4.57 Å². The molecule has 0 aliphatic heterocycles. The van der Waals surface area contributed by atoms with Gasteiger partial charge < -0.3 is 10.3 Å². The number of nitrogen functional groups attached to an aromatic ring is 1. The average molecular weight is 238 g/mol. The summed E-state index contributed by atoms with van der Waals surface area (Å²) < 4.78 is 3.89. The maximum Gasteiger partial charge on any atom is 0.222 e. The van der Waals surface area contributed by atoms with E-state index in [1.807, 2.05) is 20.2 Å². The quantitative estimate of drug-likeness (QED) is 0.793. The van der Waals surface area contributed by atoms with Crippen LogP contribution in [0.25, 0.3) is 0 Å². The highest BCUT2D eigenvalue weighted by atomic mass is 32.2. The molecule has 0 bridgehead atoms. The second kappa shape index (κ2) is 4.56. The fourth-order valence-corrected chi connectivity index (χ4v) is 2.18. The van der Waals surface area contributed by atoms with E-state index >= 15 is 0 Å². The molecular formula is C9H14N6S. The van der Waals surface area contributed by atoms with Crippen LogP contribution in [-0.2, 0) is 13.6 Å². The van der Waals surface area contributed by atoms with Gasteiger partial charge in [0.05, 0.1) is 0 Å². The number of thioether (sulfide) groups is 1. The van der Waals surface area contributed by atoms with E-state index in [9.17, 15) is 0 Å². The summed E-state index contributed by atoms with van der Waals surface area (Å²) in [5.74, 6) is 2.39. The summed E-state index contributed by atoms with van der Waals surface area (Å²) in [5.41, 5.74) is 5.59. The fourth-order valence-electron chi connectivity index (χ4n) is 1.33. The number of nitrogens with two attached hydrogens (primary N) is 1.